The molecule has 7 heteroatoms. The lowest BCUT2D eigenvalue weighted by atomic mass is 10.1. The average Bonchev–Trinajstić information content (AvgIpc) is 2.34. The predicted octanol–water partition coefficient (Wildman–Crippen LogP) is 1.93. The van der Waals surface area contributed by atoms with Gasteiger partial charge in [-0.1, -0.05) is 0 Å². The summed E-state index contributed by atoms with van der Waals surface area (Å²) in [6.07, 6.45) is 1.04. The number of nitro groups is 1. The zero-order valence-corrected chi connectivity index (χ0v) is 11.4. The molecule has 0 aromatic heterocycles. The highest BCUT2D eigenvalue weighted by Crippen LogP contribution is 2.24. The number of nitrogens with zero attached hydrogens (tertiary/aromatic N) is 1. The van der Waals surface area contributed by atoms with E-state index in [9.17, 15) is 19.3 Å². The number of nitrogens with one attached hydrogen (secondary N) is 1. The van der Waals surface area contributed by atoms with Gasteiger partial charge >= 0.3 is 0 Å². The molecule has 0 aliphatic heterocycles. The minimum absolute atomic E-state index is 0.000564. The molecule has 0 aliphatic carbocycles. The quantitative estimate of drug-likeness (QED) is 0.616. The average molecular weight is 284 g/mol. The Morgan fingerprint density at radius 2 is 2.20 bits per heavy atom. The number of aryl methyl sites for hydroxylation is 1. The van der Waals surface area contributed by atoms with E-state index < -0.39 is 22.3 Å². The molecule has 1 atom stereocenters. The van der Waals surface area contributed by atoms with Crippen LogP contribution in [0.2, 0.25) is 0 Å². The van der Waals surface area contributed by atoms with E-state index in [0.717, 1.165) is 12.1 Å². The van der Waals surface area contributed by atoms with Gasteiger partial charge in [-0.25, -0.2) is 4.39 Å². The van der Waals surface area contributed by atoms with Crippen LogP contribution < -0.4 is 5.32 Å². The Labute approximate surface area is 115 Å². The minimum atomic E-state index is -0.693. The standard InChI is InChI=1S/C13H17FN2O4/c1-8-6-10(14)7-11(12(8)16(19)20)13(18)15-9(2)4-3-5-17/h6-7,9,17H,3-5H2,1-2H3,(H,15,18). The van der Waals surface area contributed by atoms with Crippen LogP contribution in [-0.4, -0.2) is 28.6 Å². The van der Waals surface area contributed by atoms with Crippen molar-refractivity contribution in [2.75, 3.05) is 6.61 Å². The Bertz CT molecular complexity index is 519. The zero-order chi connectivity index (χ0) is 15.3. The highest BCUT2D eigenvalue weighted by molar-refractivity contribution is 5.98. The van der Waals surface area contributed by atoms with E-state index in [2.05, 4.69) is 5.32 Å². The zero-order valence-electron chi connectivity index (χ0n) is 11.4. The van der Waals surface area contributed by atoms with Crippen LogP contribution in [0.3, 0.4) is 0 Å². The van der Waals surface area contributed by atoms with Gasteiger partial charge in [0.2, 0.25) is 0 Å². The molecule has 0 spiro atoms. The predicted molar refractivity (Wildman–Crippen MR) is 71.0 cm³/mol. The molecule has 1 aromatic rings. The fraction of sp³-hybridized carbons (Fsp3) is 0.462. The Hall–Kier alpha value is -2.02. The first-order chi connectivity index (χ1) is 9.36. The molecule has 0 radical (unpaired) electrons. The highest BCUT2D eigenvalue weighted by atomic mass is 19.1. The Morgan fingerprint density at radius 1 is 1.55 bits per heavy atom. The van der Waals surface area contributed by atoms with Crippen LogP contribution in [0.5, 0.6) is 0 Å². The third-order valence-corrected chi connectivity index (χ3v) is 2.87. The number of aliphatic hydroxyl groups excluding tert-OH is 1. The van der Waals surface area contributed by atoms with Crippen molar-refractivity contribution in [3.63, 3.8) is 0 Å². The maximum atomic E-state index is 13.3. The number of hydrogen-bond acceptors (Lipinski definition) is 4. The molecule has 0 fully saturated rings. The number of carbonyl (C=O) groups excluding carboxylic acids is 1. The van der Waals surface area contributed by atoms with Crippen LogP contribution in [0.4, 0.5) is 10.1 Å². The van der Waals surface area contributed by atoms with Gasteiger partial charge < -0.3 is 10.4 Å². The van der Waals surface area contributed by atoms with E-state index in [1.54, 1.807) is 6.92 Å². The summed E-state index contributed by atoms with van der Waals surface area (Å²) in [6.45, 7) is 3.10. The van der Waals surface area contributed by atoms with Crippen LogP contribution in [0.1, 0.15) is 35.7 Å². The molecule has 1 rings (SSSR count). The third-order valence-electron chi connectivity index (χ3n) is 2.87. The molecule has 1 unspecified atom stereocenters. The smallest absolute Gasteiger partial charge is 0.285 e. The summed E-state index contributed by atoms with van der Waals surface area (Å²) in [4.78, 5) is 22.3. The first kappa shape index (κ1) is 16.0. The molecule has 0 saturated heterocycles. The molecular weight excluding hydrogens is 267 g/mol. The lowest BCUT2D eigenvalue weighted by Crippen LogP contribution is -2.33. The summed E-state index contributed by atoms with van der Waals surface area (Å²) < 4.78 is 13.3. The van der Waals surface area contributed by atoms with Gasteiger partial charge in [-0.2, -0.15) is 0 Å². The number of hydrogen-bond donors (Lipinski definition) is 2. The molecule has 0 aliphatic rings. The van der Waals surface area contributed by atoms with E-state index in [-0.39, 0.29) is 23.8 Å². The molecule has 1 aromatic carbocycles. The van der Waals surface area contributed by atoms with Crippen molar-refractivity contribution in [1.29, 1.82) is 0 Å². The molecule has 0 saturated carbocycles. The Morgan fingerprint density at radius 3 is 2.75 bits per heavy atom. The monoisotopic (exact) mass is 284 g/mol. The third kappa shape index (κ3) is 3.99. The summed E-state index contributed by atoms with van der Waals surface area (Å²) in [5, 5.41) is 22.3. The normalized spacial score (nSPS) is 12.0. The van der Waals surface area contributed by atoms with Crippen molar-refractivity contribution < 1.29 is 19.2 Å². The van der Waals surface area contributed by atoms with E-state index >= 15 is 0 Å². The van der Waals surface area contributed by atoms with Crippen LogP contribution in [0, 0.1) is 22.9 Å². The Kier molecular flexibility index (Phi) is 5.57. The number of benzene rings is 1. The van der Waals surface area contributed by atoms with Crippen LogP contribution >= 0.6 is 0 Å². The molecule has 0 heterocycles. The molecule has 1 amide bonds. The van der Waals surface area contributed by atoms with Crippen molar-refractivity contribution in [3.8, 4) is 0 Å². The van der Waals surface area contributed by atoms with E-state index in [4.69, 9.17) is 5.11 Å². The fourth-order valence-corrected chi connectivity index (χ4v) is 1.92. The van der Waals surface area contributed by atoms with Crippen LogP contribution in [-0.2, 0) is 0 Å². The summed E-state index contributed by atoms with van der Waals surface area (Å²) in [5.41, 5.74) is -0.579. The van der Waals surface area contributed by atoms with Crippen molar-refractivity contribution in [2.24, 2.45) is 0 Å². The number of nitro benzene ring substituents is 1. The van der Waals surface area contributed by atoms with Crippen LogP contribution in [0.25, 0.3) is 0 Å². The molecule has 2 N–H and O–H groups in total. The lowest BCUT2D eigenvalue weighted by Gasteiger charge is -2.13. The van der Waals surface area contributed by atoms with E-state index in [0.29, 0.717) is 12.8 Å². The van der Waals surface area contributed by atoms with Crippen molar-refractivity contribution in [2.45, 2.75) is 32.7 Å². The van der Waals surface area contributed by atoms with Gasteiger partial charge in [0.15, 0.2) is 0 Å². The maximum absolute atomic E-state index is 13.3. The molecule has 20 heavy (non-hydrogen) atoms. The van der Waals surface area contributed by atoms with Crippen molar-refractivity contribution in [1.82, 2.24) is 5.32 Å². The summed E-state index contributed by atoms with van der Waals surface area (Å²) in [5.74, 6) is -1.38. The van der Waals surface area contributed by atoms with Crippen LogP contribution in [0.15, 0.2) is 12.1 Å². The SMILES string of the molecule is Cc1cc(F)cc(C(=O)NC(C)CCCO)c1[N+](=O)[O-]. The van der Waals surface area contributed by atoms with Gasteiger partial charge in [0, 0.05) is 18.2 Å². The van der Waals surface area contributed by atoms with Gasteiger partial charge in [0.05, 0.1) is 4.92 Å². The van der Waals surface area contributed by atoms with Gasteiger partial charge in [0.1, 0.15) is 11.4 Å². The van der Waals surface area contributed by atoms with Gasteiger partial charge in [-0.15, -0.1) is 0 Å². The largest absolute Gasteiger partial charge is 0.396 e. The van der Waals surface area contributed by atoms with Gasteiger partial charge in [-0.3, -0.25) is 14.9 Å². The minimum Gasteiger partial charge on any atom is -0.396 e. The summed E-state index contributed by atoms with van der Waals surface area (Å²) >= 11 is 0. The summed E-state index contributed by atoms with van der Waals surface area (Å²) in [7, 11) is 0. The van der Waals surface area contributed by atoms with Gasteiger partial charge in [-0.05, 0) is 38.8 Å². The topological polar surface area (TPSA) is 92.5 Å². The van der Waals surface area contributed by atoms with Crippen molar-refractivity contribution >= 4 is 11.6 Å². The highest BCUT2D eigenvalue weighted by Gasteiger charge is 2.24. The van der Waals surface area contributed by atoms with Gasteiger partial charge in [0.25, 0.3) is 11.6 Å². The second-order valence-electron chi connectivity index (χ2n) is 4.62. The molecular formula is C13H17FN2O4. The Balaban J connectivity index is 3.00. The number of rotatable bonds is 6. The number of aliphatic hydroxyl groups is 1. The van der Waals surface area contributed by atoms with E-state index in [1.807, 2.05) is 0 Å². The van der Waals surface area contributed by atoms with Crippen molar-refractivity contribution in [3.05, 3.63) is 39.2 Å². The molecule has 6 nitrogen and oxygen atoms in total. The second kappa shape index (κ2) is 6.95. The molecule has 0 bridgehead atoms. The fourth-order valence-electron chi connectivity index (χ4n) is 1.92. The lowest BCUT2D eigenvalue weighted by molar-refractivity contribution is -0.385. The maximum Gasteiger partial charge on any atom is 0.285 e. The van der Waals surface area contributed by atoms with E-state index in [1.165, 1.54) is 6.92 Å². The number of halogens is 1. The number of carbonyl (C=O) groups is 1. The first-order valence-corrected chi connectivity index (χ1v) is 6.23. The summed E-state index contributed by atoms with van der Waals surface area (Å²) in [6, 6.07) is 1.61. The molecule has 110 valence electrons. The number of amides is 1. The first-order valence-electron chi connectivity index (χ1n) is 6.23. The second-order valence-corrected chi connectivity index (χ2v) is 4.62.